The second kappa shape index (κ2) is 9.06. The average molecular weight is 364 g/mol. The fraction of sp³-hybridized carbons (Fsp3) is 0.333. The molecule has 0 bridgehead atoms. The van der Waals surface area contributed by atoms with Crippen LogP contribution in [0.5, 0.6) is 5.75 Å². The fourth-order valence-electron chi connectivity index (χ4n) is 3.24. The number of benzene rings is 2. The lowest BCUT2D eigenvalue weighted by molar-refractivity contribution is -0.117. The van der Waals surface area contributed by atoms with Crippen molar-refractivity contribution in [1.29, 1.82) is 5.26 Å². The molecule has 1 aliphatic heterocycles. The maximum absolute atomic E-state index is 12.3. The molecule has 1 saturated heterocycles. The van der Waals surface area contributed by atoms with E-state index in [0.717, 1.165) is 48.9 Å². The van der Waals surface area contributed by atoms with Gasteiger partial charge in [-0.15, -0.1) is 0 Å². The van der Waals surface area contributed by atoms with E-state index in [9.17, 15) is 4.79 Å². The maximum atomic E-state index is 12.3. The van der Waals surface area contributed by atoms with Crippen molar-refractivity contribution >= 4 is 17.3 Å². The monoisotopic (exact) mass is 364 g/mol. The Balaban J connectivity index is 1.48. The number of carbonyl (C=O) groups excluding carboxylic acids is 1. The van der Waals surface area contributed by atoms with Gasteiger partial charge in [-0.2, -0.15) is 5.26 Å². The average Bonchev–Trinajstić information content (AvgIpc) is 2.70. The summed E-state index contributed by atoms with van der Waals surface area (Å²) in [4.78, 5) is 16.8. The standard InChI is InChI=1S/C21H24N4O2/c1-27-20-5-3-2-4-19(20)25-14-12-24(13-15-25)16-21(26)23-18-8-6-17(7-9-18)10-11-22/h2-9H,10,12-16H2,1H3,(H,23,26). The molecule has 0 spiro atoms. The van der Waals surface area contributed by atoms with Crippen molar-refractivity contribution in [3.05, 3.63) is 54.1 Å². The second-order valence-electron chi connectivity index (χ2n) is 6.52. The van der Waals surface area contributed by atoms with Crippen molar-refractivity contribution < 1.29 is 9.53 Å². The minimum absolute atomic E-state index is 0.0197. The van der Waals surface area contributed by atoms with Crippen LogP contribution in [-0.2, 0) is 11.2 Å². The van der Waals surface area contributed by atoms with Gasteiger partial charge in [0.05, 0.1) is 31.8 Å². The third-order valence-electron chi connectivity index (χ3n) is 4.69. The maximum Gasteiger partial charge on any atom is 0.238 e. The Labute approximate surface area is 160 Å². The molecule has 0 unspecified atom stereocenters. The van der Waals surface area contributed by atoms with Gasteiger partial charge in [0.25, 0.3) is 0 Å². The van der Waals surface area contributed by atoms with E-state index in [1.165, 1.54) is 0 Å². The molecule has 1 fully saturated rings. The Morgan fingerprint density at radius 1 is 1.11 bits per heavy atom. The quantitative estimate of drug-likeness (QED) is 0.853. The molecule has 0 aromatic heterocycles. The van der Waals surface area contributed by atoms with Crippen molar-refractivity contribution in [1.82, 2.24) is 4.90 Å². The van der Waals surface area contributed by atoms with Gasteiger partial charge in [-0.05, 0) is 29.8 Å². The zero-order valence-corrected chi connectivity index (χ0v) is 15.5. The molecule has 2 aromatic rings. The number of rotatable bonds is 6. The van der Waals surface area contributed by atoms with Gasteiger partial charge in [0.1, 0.15) is 5.75 Å². The van der Waals surface area contributed by atoms with E-state index >= 15 is 0 Å². The molecule has 1 amide bonds. The van der Waals surface area contributed by atoms with Gasteiger partial charge in [-0.1, -0.05) is 24.3 Å². The summed E-state index contributed by atoms with van der Waals surface area (Å²) in [5, 5.41) is 11.6. The summed E-state index contributed by atoms with van der Waals surface area (Å²) in [5.74, 6) is 0.859. The summed E-state index contributed by atoms with van der Waals surface area (Å²) in [5.41, 5.74) is 2.80. The first kappa shape index (κ1) is 18.7. The Kier molecular flexibility index (Phi) is 6.29. The second-order valence-corrected chi connectivity index (χ2v) is 6.52. The van der Waals surface area contributed by atoms with E-state index in [-0.39, 0.29) is 5.91 Å². The van der Waals surface area contributed by atoms with Gasteiger partial charge in [0.2, 0.25) is 5.91 Å². The van der Waals surface area contributed by atoms with E-state index in [1.807, 2.05) is 42.5 Å². The first-order valence-electron chi connectivity index (χ1n) is 9.05. The first-order valence-corrected chi connectivity index (χ1v) is 9.05. The summed E-state index contributed by atoms with van der Waals surface area (Å²) in [7, 11) is 1.69. The Morgan fingerprint density at radius 3 is 2.48 bits per heavy atom. The highest BCUT2D eigenvalue weighted by atomic mass is 16.5. The van der Waals surface area contributed by atoms with Crippen LogP contribution in [0.3, 0.4) is 0 Å². The number of hydrogen-bond acceptors (Lipinski definition) is 5. The van der Waals surface area contributed by atoms with Gasteiger partial charge < -0.3 is 15.0 Å². The molecule has 27 heavy (non-hydrogen) atoms. The molecule has 1 N–H and O–H groups in total. The first-order chi connectivity index (χ1) is 13.2. The lowest BCUT2D eigenvalue weighted by atomic mass is 10.1. The molecular formula is C21H24N4O2. The number of amides is 1. The largest absolute Gasteiger partial charge is 0.495 e. The van der Waals surface area contributed by atoms with E-state index in [4.69, 9.17) is 10.00 Å². The summed E-state index contributed by atoms with van der Waals surface area (Å²) in [6, 6.07) is 17.5. The van der Waals surface area contributed by atoms with Gasteiger partial charge >= 0.3 is 0 Å². The van der Waals surface area contributed by atoms with Crippen LogP contribution in [0.2, 0.25) is 0 Å². The SMILES string of the molecule is COc1ccccc1N1CCN(CC(=O)Nc2ccc(CC#N)cc2)CC1. The third-order valence-corrected chi connectivity index (χ3v) is 4.69. The van der Waals surface area contributed by atoms with Gasteiger partial charge in [0, 0.05) is 31.9 Å². The minimum atomic E-state index is -0.0197. The van der Waals surface area contributed by atoms with Gasteiger partial charge in [0.15, 0.2) is 0 Å². The molecule has 140 valence electrons. The zero-order valence-electron chi connectivity index (χ0n) is 15.5. The third kappa shape index (κ3) is 4.99. The molecule has 1 aliphatic rings. The number of nitrogens with one attached hydrogen (secondary N) is 1. The van der Waals surface area contributed by atoms with Crippen LogP contribution < -0.4 is 15.0 Å². The Bertz CT molecular complexity index is 806. The number of para-hydroxylation sites is 2. The van der Waals surface area contributed by atoms with E-state index < -0.39 is 0 Å². The molecule has 0 saturated carbocycles. The fourth-order valence-corrected chi connectivity index (χ4v) is 3.24. The molecule has 6 nitrogen and oxygen atoms in total. The number of piperazine rings is 1. The van der Waals surface area contributed by atoms with Crippen LogP contribution in [0.15, 0.2) is 48.5 Å². The van der Waals surface area contributed by atoms with Crippen molar-refractivity contribution in [2.24, 2.45) is 0 Å². The number of nitrogens with zero attached hydrogens (tertiary/aromatic N) is 3. The highest BCUT2D eigenvalue weighted by Gasteiger charge is 2.21. The van der Waals surface area contributed by atoms with Crippen molar-refractivity contribution in [3.8, 4) is 11.8 Å². The van der Waals surface area contributed by atoms with E-state index in [1.54, 1.807) is 7.11 Å². The van der Waals surface area contributed by atoms with Crippen LogP contribution >= 0.6 is 0 Å². The highest BCUT2D eigenvalue weighted by Crippen LogP contribution is 2.28. The summed E-state index contributed by atoms with van der Waals surface area (Å²) < 4.78 is 5.44. The van der Waals surface area contributed by atoms with Crippen molar-refractivity contribution in [2.45, 2.75) is 6.42 Å². The summed E-state index contributed by atoms with van der Waals surface area (Å²) >= 11 is 0. The van der Waals surface area contributed by atoms with Crippen LogP contribution in [0.4, 0.5) is 11.4 Å². The van der Waals surface area contributed by atoms with E-state index in [2.05, 4.69) is 27.3 Å². The summed E-state index contributed by atoms with van der Waals surface area (Å²) in [6.07, 6.45) is 0.380. The predicted octanol–water partition coefficient (Wildman–Crippen LogP) is 2.52. The number of hydrogen-bond donors (Lipinski definition) is 1. The van der Waals surface area contributed by atoms with E-state index in [0.29, 0.717) is 13.0 Å². The lowest BCUT2D eigenvalue weighted by Gasteiger charge is -2.36. The minimum Gasteiger partial charge on any atom is -0.495 e. The molecule has 1 heterocycles. The highest BCUT2D eigenvalue weighted by molar-refractivity contribution is 5.92. The molecule has 3 rings (SSSR count). The number of ether oxygens (including phenoxy) is 1. The number of anilines is 2. The van der Waals surface area contributed by atoms with Gasteiger partial charge in [-0.3, -0.25) is 9.69 Å². The van der Waals surface area contributed by atoms with Crippen LogP contribution in [-0.4, -0.2) is 50.6 Å². The molecular weight excluding hydrogens is 340 g/mol. The molecule has 0 atom stereocenters. The molecule has 2 aromatic carbocycles. The van der Waals surface area contributed by atoms with Gasteiger partial charge in [-0.25, -0.2) is 0 Å². The number of carbonyl (C=O) groups is 1. The smallest absolute Gasteiger partial charge is 0.238 e. The zero-order chi connectivity index (χ0) is 19.1. The predicted molar refractivity (Wildman–Crippen MR) is 106 cm³/mol. The van der Waals surface area contributed by atoms with Crippen LogP contribution in [0, 0.1) is 11.3 Å². The Hall–Kier alpha value is -3.04. The molecule has 0 radical (unpaired) electrons. The van der Waals surface area contributed by atoms with Crippen LogP contribution in [0.1, 0.15) is 5.56 Å². The topological polar surface area (TPSA) is 68.6 Å². The summed E-state index contributed by atoms with van der Waals surface area (Å²) in [6.45, 7) is 3.74. The van der Waals surface area contributed by atoms with Crippen molar-refractivity contribution in [3.63, 3.8) is 0 Å². The van der Waals surface area contributed by atoms with Crippen LogP contribution in [0.25, 0.3) is 0 Å². The number of nitriles is 1. The number of methoxy groups -OCH3 is 1. The Morgan fingerprint density at radius 2 is 1.81 bits per heavy atom. The lowest BCUT2D eigenvalue weighted by Crippen LogP contribution is -2.48. The molecule has 6 heteroatoms. The normalized spacial score (nSPS) is 14.4. The van der Waals surface area contributed by atoms with Crippen molar-refractivity contribution in [2.75, 3.05) is 50.1 Å². The molecule has 0 aliphatic carbocycles.